The van der Waals surface area contributed by atoms with Crippen LogP contribution >= 0.6 is 0 Å². The second-order valence-corrected chi connectivity index (χ2v) is 2.87. The number of benzene rings is 1. The minimum atomic E-state index is -0.410. The molecule has 0 aliphatic heterocycles. The van der Waals surface area contributed by atoms with Crippen molar-refractivity contribution >= 4 is 12.0 Å². The summed E-state index contributed by atoms with van der Waals surface area (Å²) in [6, 6.07) is 9.61. The van der Waals surface area contributed by atoms with Gasteiger partial charge in [-0.2, -0.15) is 0 Å². The average Bonchev–Trinajstić information content (AvgIpc) is 2.18. The van der Waals surface area contributed by atoms with Crippen molar-refractivity contribution in [3.63, 3.8) is 0 Å². The lowest BCUT2D eigenvalue weighted by molar-refractivity contribution is -0.114. The van der Waals surface area contributed by atoms with Crippen molar-refractivity contribution in [3.05, 3.63) is 53.6 Å². The molecule has 0 saturated heterocycles. The third-order valence-corrected chi connectivity index (χ3v) is 1.75. The van der Waals surface area contributed by atoms with E-state index in [2.05, 4.69) is 0 Å². The number of nitrogens with two attached hydrogens (primary N) is 1. The highest BCUT2D eigenvalue weighted by atomic mass is 16.1. The fourth-order valence-corrected chi connectivity index (χ4v) is 1.11. The van der Waals surface area contributed by atoms with Gasteiger partial charge in [0.05, 0.1) is 0 Å². The molecule has 0 aliphatic carbocycles. The summed E-state index contributed by atoms with van der Waals surface area (Å²) >= 11 is 0. The predicted molar refractivity (Wildman–Crippen MR) is 58.4 cm³/mol. The summed E-state index contributed by atoms with van der Waals surface area (Å²) in [6.07, 6.45) is 5.26. The molecular formula is C12H13NO. The quantitative estimate of drug-likeness (QED) is 0.571. The number of rotatable bonds is 3. The number of carbonyl (C=O) groups excluding carboxylic acids is 1. The summed E-state index contributed by atoms with van der Waals surface area (Å²) < 4.78 is 0. The summed E-state index contributed by atoms with van der Waals surface area (Å²) in [5, 5.41) is 0. The topological polar surface area (TPSA) is 43.1 Å². The molecule has 2 nitrogen and oxygen atoms in total. The Labute approximate surface area is 83.7 Å². The van der Waals surface area contributed by atoms with Gasteiger partial charge in [-0.05, 0) is 18.6 Å². The third kappa shape index (κ3) is 2.90. The molecule has 2 N–H and O–H groups in total. The summed E-state index contributed by atoms with van der Waals surface area (Å²) in [7, 11) is 0. The molecule has 0 radical (unpaired) electrons. The Kier molecular flexibility index (Phi) is 3.68. The van der Waals surface area contributed by atoms with Crippen LogP contribution in [0.15, 0.2) is 48.1 Å². The Hall–Kier alpha value is -1.83. The fourth-order valence-electron chi connectivity index (χ4n) is 1.11. The predicted octanol–water partition coefficient (Wildman–Crippen LogP) is 2.13. The Morgan fingerprint density at radius 1 is 1.29 bits per heavy atom. The van der Waals surface area contributed by atoms with Crippen molar-refractivity contribution in [2.45, 2.75) is 6.92 Å². The van der Waals surface area contributed by atoms with E-state index in [0.717, 1.165) is 5.56 Å². The SMILES string of the molecule is CC=CC(=Cc1ccccc1)C(N)=O. The number of carbonyl (C=O) groups is 1. The van der Waals surface area contributed by atoms with Gasteiger partial charge in [-0.15, -0.1) is 0 Å². The lowest BCUT2D eigenvalue weighted by Crippen LogP contribution is -2.12. The van der Waals surface area contributed by atoms with Crippen LogP contribution in [0.2, 0.25) is 0 Å². The third-order valence-electron chi connectivity index (χ3n) is 1.75. The number of amides is 1. The number of hydrogen-bond acceptors (Lipinski definition) is 1. The van der Waals surface area contributed by atoms with Gasteiger partial charge in [0.2, 0.25) is 5.91 Å². The highest BCUT2D eigenvalue weighted by Gasteiger charge is 1.99. The van der Waals surface area contributed by atoms with Crippen LogP contribution in [0.4, 0.5) is 0 Å². The smallest absolute Gasteiger partial charge is 0.248 e. The van der Waals surface area contributed by atoms with E-state index in [0.29, 0.717) is 5.57 Å². The van der Waals surface area contributed by atoms with Crippen LogP contribution in [0.25, 0.3) is 6.08 Å². The molecule has 0 bridgehead atoms. The molecule has 0 fully saturated rings. The Balaban J connectivity index is 2.99. The number of primary amides is 1. The Morgan fingerprint density at radius 3 is 2.43 bits per heavy atom. The van der Waals surface area contributed by atoms with Crippen LogP contribution in [0, 0.1) is 0 Å². The average molecular weight is 187 g/mol. The van der Waals surface area contributed by atoms with Gasteiger partial charge in [-0.25, -0.2) is 0 Å². The van der Waals surface area contributed by atoms with Gasteiger partial charge in [0, 0.05) is 5.57 Å². The van der Waals surface area contributed by atoms with Crippen molar-refractivity contribution < 1.29 is 4.79 Å². The van der Waals surface area contributed by atoms with Crippen LogP contribution in [0.1, 0.15) is 12.5 Å². The van der Waals surface area contributed by atoms with Gasteiger partial charge in [-0.1, -0.05) is 42.5 Å². The van der Waals surface area contributed by atoms with E-state index in [4.69, 9.17) is 5.73 Å². The van der Waals surface area contributed by atoms with Gasteiger partial charge in [0.1, 0.15) is 0 Å². The lowest BCUT2D eigenvalue weighted by atomic mass is 10.1. The molecule has 2 heteroatoms. The zero-order valence-corrected chi connectivity index (χ0v) is 8.10. The molecular weight excluding hydrogens is 174 g/mol. The molecule has 0 spiro atoms. The van der Waals surface area contributed by atoms with Crippen molar-refractivity contribution in [1.82, 2.24) is 0 Å². The monoisotopic (exact) mass is 187 g/mol. The van der Waals surface area contributed by atoms with E-state index in [1.807, 2.05) is 37.3 Å². The fraction of sp³-hybridized carbons (Fsp3) is 0.0833. The second kappa shape index (κ2) is 5.02. The maximum Gasteiger partial charge on any atom is 0.248 e. The van der Waals surface area contributed by atoms with Gasteiger partial charge in [0.25, 0.3) is 0 Å². The van der Waals surface area contributed by atoms with Crippen molar-refractivity contribution in [1.29, 1.82) is 0 Å². The lowest BCUT2D eigenvalue weighted by Gasteiger charge is -1.96. The van der Waals surface area contributed by atoms with E-state index in [1.54, 1.807) is 18.2 Å². The first kappa shape index (κ1) is 10.3. The number of hydrogen-bond donors (Lipinski definition) is 1. The standard InChI is InChI=1S/C12H13NO/c1-2-6-11(12(13)14)9-10-7-4-3-5-8-10/h2-9H,1H3,(H2,13,14). The molecule has 1 rings (SSSR count). The summed E-state index contributed by atoms with van der Waals surface area (Å²) in [6.45, 7) is 1.85. The summed E-state index contributed by atoms with van der Waals surface area (Å²) in [5.41, 5.74) is 6.70. The maximum atomic E-state index is 11.0. The van der Waals surface area contributed by atoms with Crippen LogP contribution in [0.5, 0.6) is 0 Å². The second-order valence-electron chi connectivity index (χ2n) is 2.87. The van der Waals surface area contributed by atoms with Crippen LogP contribution in [0.3, 0.4) is 0 Å². The normalized spacial score (nSPS) is 11.9. The van der Waals surface area contributed by atoms with E-state index in [1.165, 1.54) is 0 Å². The Bertz CT molecular complexity index is 363. The largest absolute Gasteiger partial charge is 0.366 e. The molecule has 0 saturated carbocycles. The van der Waals surface area contributed by atoms with Crippen molar-refractivity contribution in [2.75, 3.05) is 0 Å². The molecule has 0 aromatic heterocycles. The zero-order chi connectivity index (χ0) is 10.4. The molecule has 0 aliphatic rings. The van der Waals surface area contributed by atoms with Gasteiger partial charge in [-0.3, -0.25) is 4.79 Å². The number of allylic oxidation sites excluding steroid dienone is 1. The van der Waals surface area contributed by atoms with E-state index < -0.39 is 5.91 Å². The van der Waals surface area contributed by atoms with Crippen LogP contribution in [-0.2, 0) is 4.79 Å². The van der Waals surface area contributed by atoms with E-state index in [-0.39, 0.29) is 0 Å². The van der Waals surface area contributed by atoms with E-state index >= 15 is 0 Å². The molecule has 1 aromatic carbocycles. The van der Waals surface area contributed by atoms with Gasteiger partial charge < -0.3 is 5.73 Å². The first-order valence-corrected chi connectivity index (χ1v) is 4.43. The summed E-state index contributed by atoms with van der Waals surface area (Å²) in [5.74, 6) is -0.410. The highest BCUT2D eigenvalue weighted by molar-refractivity contribution is 5.99. The highest BCUT2D eigenvalue weighted by Crippen LogP contribution is 2.07. The molecule has 0 atom stereocenters. The minimum Gasteiger partial charge on any atom is -0.366 e. The van der Waals surface area contributed by atoms with Crippen molar-refractivity contribution in [2.24, 2.45) is 5.73 Å². The molecule has 1 amide bonds. The van der Waals surface area contributed by atoms with E-state index in [9.17, 15) is 4.79 Å². The molecule has 0 unspecified atom stereocenters. The van der Waals surface area contributed by atoms with Crippen molar-refractivity contribution in [3.8, 4) is 0 Å². The summed E-state index contributed by atoms with van der Waals surface area (Å²) in [4.78, 5) is 11.0. The first-order valence-electron chi connectivity index (χ1n) is 4.43. The molecule has 1 aromatic rings. The minimum absolute atomic E-state index is 0.410. The molecule has 14 heavy (non-hydrogen) atoms. The zero-order valence-electron chi connectivity index (χ0n) is 8.10. The molecule has 72 valence electrons. The van der Waals surface area contributed by atoms with Crippen LogP contribution < -0.4 is 5.73 Å². The molecule has 0 heterocycles. The van der Waals surface area contributed by atoms with Gasteiger partial charge >= 0.3 is 0 Å². The maximum absolute atomic E-state index is 11.0. The first-order chi connectivity index (χ1) is 6.74. The Morgan fingerprint density at radius 2 is 1.93 bits per heavy atom. The van der Waals surface area contributed by atoms with Gasteiger partial charge in [0.15, 0.2) is 0 Å². The van der Waals surface area contributed by atoms with Crippen LogP contribution in [-0.4, -0.2) is 5.91 Å².